The summed E-state index contributed by atoms with van der Waals surface area (Å²) >= 11 is 0. The third-order valence-electron chi connectivity index (χ3n) is 2.97. The van der Waals surface area contributed by atoms with Crippen molar-refractivity contribution in [2.75, 3.05) is 26.3 Å². The molecule has 0 aromatic carbocycles. The van der Waals surface area contributed by atoms with E-state index in [-0.39, 0.29) is 11.6 Å². The molecule has 0 atom stereocenters. The molecular weight excluding hydrogens is 228 g/mol. The van der Waals surface area contributed by atoms with Crippen LogP contribution in [0.15, 0.2) is 12.7 Å². The van der Waals surface area contributed by atoms with Crippen molar-refractivity contribution in [1.82, 2.24) is 10.2 Å². The molecule has 1 aliphatic heterocycles. The van der Waals surface area contributed by atoms with Crippen molar-refractivity contribution in [1.29, 1.82) is 0 Å². The van der Waals surface area contributed by atoms with Crippen molar-refractivity contribution >= 4 is 6.03 Å². The number of piperidine rings is 1. The van der Waals surface area contributed by atoms with Gasteiger partial charge in [0.2, 0.25) is 0 Å². The maximum absolute atomic E-state index is 12.0. The Morgan fingerprint density at radius 3 is 2.56 bits per heavy atom. The van der Waals surface area contributed by atoms with E-state index in [4.69, 9.17) is 4.74 Å². The summed E-state index contributed by atoms with van der Waals surface area (Å²) < 4.78 is 5.46. The van der Waals surface area contributed by atoms with Gasteiger partial charge in [-0.1, -0.05) is 6.08 Å². The summed E-state index contributed by atoms with van der Waals surface area (Å²) in [5.41, 5.74) is -0.166. The number of urea groups is 1. The van der Waals surface area contributed by atoms with Crippen LogP contribution in [0.1, 0.15) is 33.6 Å². The first-order chi connectivity index (χ1) is 8.42. The fraction of sp³-hybridized carbons (Fsp3) is 0.786. The van der Waals surface area contributed by atoms with Gasteiger partial charge in [-0.2, -0.15) is 0 Å². The van der Waals surface area contributed by atoms with E-state index >= 15 is 0 Å². The number of ether oxygens (including phenoxy) is 1. The summed E-state index contributed by atoms with van der Waals surface area (Å²) in [4.78, 5) is 13.8. The van der Waals surface area contributed by atoms with E-state index in [1.54, 1.807) is 6.08 Å². The fourth-order valence-electron chi connectivity index (χ4n) is 2.02. The number of hydrogen-bond donors (Lipinski definition) is 1. The van der Waals surface area contributed by atoms with Gasteiger partial charge in [0.05, 0.1) is 6.61 Å². The SMILES string of the molecule is C=CCOCC1CCN(C(=O)NC(C)(C)C)CC1. The van der Waals surface area contributed by atoms with Crippen molar-refractivity contribution in [3.8, 4) is 0 Å². The zero-order chi connectivity index (χ0) is 13.6. The molecule has 1 aliphatic rings. The van der Waals surface area contributed by atoms with Gasteiger partial charge in [0, 0.05) is 25.2 Å². The number of hydrogen-bond acceptors (Lipinski definition) is 2. The maximum Gasteiger partial charge on any atom is 0.317 e. The number of nitrogens with one attached hydrogen (secondary N) is 1. The fourth-order valence-corrected chi connectivity index (χ4v) is 2.02. The van der Waals surface area contributed by atoms with Crippen molar-refractivity contribution in [2.45, 2.75) is 39.2 Å². The molecule has 0 radical (unpaired) electrons. The number of rotatable bonds is 4. The highest BCUT2D eigenvalue weighted by Gasteiger charge is 2.24. The maximum atomic E-state index is 12.0. The molecule has 4 heteroatoms. The minimum atomic E-state index is -0.166. The van der Waals surface area contributed by atoms with Crippen LogP contribution in [-0.2, 0) is 4.74 Å². The van der Waals surface area contributed by atoms with Gasteiger partial charge >= 0.3 is 6.03 Å². The summed E-state index contributed by atoms with van der Waals surface area (Å²) in [6.45, 7) is 12.7. The zero-order valence-electron chi connectivity index (χ0n) is 11.9. The highest BCUT2D eigenvalue weighted by molar-refractivity contribution is 5.75. The molecule has 1 heterocycles. The molecule has 18 heavy (non-hydrogen) atoms. The molecule has 1 N–H and O–H groups in total. The number of amides is 2. The molecule has 4 nitrogen and oxygen atoms in total. The van der Waals surface area contributed by atoms with E-state index in [0.717, 1.165) is 32.5 Å². The average Bonchev–Trinajstić information content (AvgIpc) is 2.28. The molecule has 0 aliphatic carbocycles. The van der Waals surface area contributed by atoms with Gasteiger partial charge in [0.25, 0.3) is 0 Å². The molecule has 0 spiro atoms. The van der Waals surface area contributed by atoms with E-state index in [9.17, 15) is 4.79 Å². The van der Waals surface area contributed by atoms with Crippen LogP contribution >= 0.6 is 0 Å². The monoisotopic (exact) mass is 254 g/mol. The lowest BCUT2D eigenvalue weighted by Gasteiger charge is -2.34. The van der Waals surface area contributed by atoms with Crippen LogP contribution in [0.2, 0.25) is 0 Å². The highest BCUT2D eigenvalue weighted by Crippen LogP contribution is 2.18. The first-order valence-electron chi connectivity index (χ1n) is 6.68. The lowest BCUT2D eigenvalue weighted by Crippen LogP contribution is -2.50. The zero-order valence-corrected chi connectivity index (χ0v) is 11.9. The molecule has 1 saturated heterocycles. The van der Waals surface area contributed by atoms with Crippen molar-refractivity contribution < 1.29 is 9.53 Å². The summed E-state index contributed by atoms with van der Waals surface area (Å²) in [5, 5.41) is 3.00. The Balaban J connectivity index is 2.26. The Kier molecular flexibility index (Phi) is 5.66. The minimum Gasteiger partial charge on any atom is -0.377 e. The normalized spacial score (nSPS) is 17.6. The number of likely N-dealkylation sites (tertiary alicyclic amines) is 1. The van der Waals surface area contributed by atoms with E-state index in [1.807, 2.05) is 25.7 Å². The summed E-state index contributed by atoms with van der Waals surface area (Å²) in [6.07, 6.45) is 3.81. The van der Waals surface area contributed by atoms with Gasteiger partial charge in [-0.15, -0.1) is 6.58 Å². The second kappa shape index (κ2) is 6.78. The molecule has 0 aromatic heterocycles. The van der Waals surface area contributed by atoms with Gasteiger partial charge < -0.3 is 15.0 Å². The quantitative estimate of drug-likeness (QED) is 0.618. The first-order valence-corrected chi connectivity index (χ1v) is 6.68. The first kappa shape index (κ1) is 15.0. The number of carbonyl (C=O) groups excluding carboxylic acids is 1. The molecule has 2 amide bonds. The van der Waals surface area contributed by atoms with Gasteiger partial charge in [-0.25, -0.2) is 4.79 Å². The Hall–Kier alpha value is -1.03. The van der Waals surface area contributed by atoms with Crippen molar-refractivity contribution in [3.63, 3.8) is 0 Å². The van der Waals surface area contributed by atoms with Gasteiger partial charge in [-0.3, -0.25) is 0 Å². The van der Waals surface area contributed by atoms with Crippen molar-refractivity contribution in [3.05, 3.63) is 12.7 Å². The predicted octanol–water partition coefficient (Wildman–Crippen LogP) is 2.41. The number of nitrogens with zero attached hydrogens (tertiary/aromatic N) is 1. The Morgan fingerprint density at radius 2 is 2.06 bits per heavy atom. The summed E-state index contributed by atoms with van der Waals surface area (Å²) in [5.74, 6) is 0.573. The molecular formula is C14H26N2O2. The Bertz CT molecular complexity index is 276. The van der Waals surface area contributed by atoms with E-state index in [0.29, 0.717) is 12.5 Å². The van der Waals surface area contributed by atoms with Crippen LogP contribution < -0.4 is 5.32 Å². The second-order valence-corrected chi connectivity index (χ2v) is 5.94. The smallest absolute Gasteiger partial charge is 0.317 e. The van der Waals surface area contributed by atoms with Crippen molar-refractivity contribution in [2.24, 2.45) is 5.92 Å². The Morgan fingerprint density at radius 1 is 1.44 bits per heavy atom. The predicted molar refractivity (Wildman–Crippen MR) is 73.6 cm³/mol. The van der Waals surface area contributed by atoms with Gasteiger partial charge in [-0.05, 0) is 39.5 Å². The van der Waals surface area contributed by atoms with E-state index in [1.165, 1.54) is 0 Å². The molecule has 0 aromatic rings. The van der Waals surface area contributed by atoms with Crippen LogP contribution in [0.5, 0.6) is 0 Å². The minimum absolute atomic E-state index is 0.0490. The topological polar surface area (TPSA) is 41.6 Å². The average molecular weight is 254 g/mol. The Labute approximate surface area is 110 Å². The second-order valence-electron chi connectivity index (χ2n) is 5.94. The molecule has 0 unspecified atom stereocenters. The van der Waals surface area contributed by atoms with Crippen LogP contribution in [0.25, 0.3) is 0 Å². The van der Waals surface area contributed by atoms with Gasteiger partial charge in [0.1, 0.15) is 0 Å². The molecule has 0 saturated carbocycles. The lowest BCUT2D eigenvalue weighted by molar-refractivity contribution is 0.0876. The molecule has 104 valence electrons. The third-order valence-corrected chi connectivity index (χ3v) is 2.97. The molecule has 0 bridgehead atoms. The largest absolute Gasteiger partial charge is 0.377 e. The van der Waals surface area contributed by atoms with E-state index in [2.05, 4.69) is 11.9 Å². The van der Waals surface area contributed by atoms with Crippen LogP contribution in [0.4, 0.5) is 4.79 Å². The third kappa shape index (κ3) is 5.54. The van der Waals surface area contributed by atoms with Gasteiger partial charge in [0.15, 0.2) is 0 Å². The number of carbonyl (C=O) groups is 1. The standard InChI is InChI=1S/C14H26N2O2/c1-5-10-18-11-12-6-8-16(9-7-12)13(17)15-14(2,3)4/h5,12H,1,6-11H2,2-4H3,(H,15,17). The summed E-state index contributed by atoms with van der Waals surface area (Å²) in [6, 6.07) is 0.0490. The molecule has 1 fully saturated rings. The van der Waals surface area contributed by atoms with Crippen LogP contribution in [0, 0.1) is 5.92 Å². The lowest BCUT2D eigenvalue weighted by atomic mass is 9.98. The van der Waals surface area contributed by atoms with Crippen LogP contribution in [-0.4, -0.2) is 42.8 Å². The highest BCUT2D eigenvalue weighted by atomic mass is 16.5. The van der Waals surface area contributed by atoms with E-state index < -0.39 is 0 Å². The molecule has 1 rings (SSSR count). The van der Waals surface area contributed by atoms with Crippen LogP contribution in [0.3, 0.4) is 0 Å². The summed E-state index contributed by atoms with van der Waals surface area (Å²) in [7, 11) is 0.